The number of aromatic carboxylic acids is 1. The van der Waals surface area contributed by atoms with Gasteiger partial charge in [-0.15, -0.1) is 0 Å². The molecule has 0 aromatic heterocycles. The fraction of sp³-hybridized carbons (Fsp3) is 0.320. The molecule has 0 aliphatic carbocycles. The number of carboxylic acid groups (broad SMARTS) is 1. The maximum atomic E-state index is 13.6. The second-order valence-electron chi connectivity index (χ2n) is 9.49. The van der Waals surface area contributed by atoms with E-state index in [1.807, 2.05) is 0 Å². The smallest absolute Gasteiger partial charge is 0.534 e. The Morgan fingerprint density at radius 2 is 1.88 bits per heavy atom. The minimum atomic E-state index is -1.66. The summed E-state index contributed by atoms with van der Waals surface area (Å²) in [6.45, 7) is 1.51. The number of hydrogen-bond acceptors (Lipinski definition) is 10. The molecular formula is C25H28BN5O10. The first kappa shape index (κ1) is 29.2. The van der Waals surface area contributed by atoms with Crippen LogP contribution in [0.5, 0.6) is 17.2 Å². The van der Waals surface area contributed by atoms with Crippen LogP contribution in [0.15, 0.2) is 30.3 Å². The molecule has 41 heavy (non-hydrogen) atoms. The van der Waals surface area contributed by atoms with Gasteiger partial charge in [0.1, 0.15) is 11.8 Å². The number of phenols is 2. The molecule has 15 nitrogen and oxygen atoms in total. The van der Waals surface area contributed by atoms with Crippen molar-refractivity contribution in [3.63, 3.8) is 0 Å². The normalized spacial score (nSPS) is 17.4. The number of nitrogens with two attached hydrogens (primary N) is 1. The maximum Gasteiger partial charge on any atom is 0.547 e. The zero-order chi connectivity index (χ0) is 30.0. The first-order chi connectivity index (χ1) is 19.4. The second kappa shape index (κ2) is 11.7. The van der Waals surface area contributed by atoms with Crippen LogP contribution in [0.4, 0.5) is 4.79 Å². The minimum Gasteiger partial charge on any atom is -0.534 e. The van der Waals surface area contributed by atoms with E-state index in [0.717, 1.165) is 6.07 Å². The number of phenolic OH excluding ortho intramolecular Hbond substituents is 2. The molecule has 5 amide bonds. The molecule has 2 aliphatic rings. The van der Waals surface area contributed by atoms with Gasteiger partial charge < -0.3 is 46.3 Å². The molecule has 2 aliphatic heterocycles. The highest BCUT2D eigenvalue weighted by Gasteiger charge is 2.41. The largest absolute Gasteiger partial charge is 0.547 e. The highest BCUT2D eigenvalue weighted by molar-refractivity contribution is 6.47. The van der Waals surface area contributed by atoms with Crippen molar-refractivity contribution in [2.24, 2.45) is 5.73 Å². The van der Waals surface area contributed by atoms with E-state index in [2.05, 4.69) is 10.6 Å². The number of nitrogens with one attached hydrogen (secondary N) is 2. The number of fused-ring (bicyclic) bond motifs is 1. The van der Waals surface area contributed by atoms with Gasteiger partial charge in [-0.05, 0) is 36.6 Å². The number of benzene rings is 2. The fourth-order valence-corrected chi connectivity index (χ4v) is 4.72. The molecular weight excluding hydrogens is 541 g/mol. The lowest BCUT2D eigenvalue weighted by molar-refractivity contribution is -0.153. The van der Waals surface area contributed by atoms with Crippen LogP contribution >= 0.6 is 0 Å². The highest BCUT2D eigenvalue weighted by Crippen LogP contribution is 2.34. The predicted molar refractivity (Wildman–Crippen MR) is 141 cm³/mol. The number of piperazine rings is 1. The third-order valence-electron chi connectivity index (χ3n) is 6.92. The van der Waals surface area contributed by atoms with Gasteiger partial charge in [-0.3, -0.25) is 19.3 Å². The zero-order valence-electron chi connectivity index (χ0n) is 21.9. The number of urea groups is 1. The zero-order valence-corrected chi connectivity index (χ0v) is 21.9. The van der Waals surface area contributed by atoms with Gasteiger partial charge >= 0.3 is 30.9 Å². The van der Waals surface area contributed by atoms with Gasteiger partial charge in [-0.2, -0.15) is 0 Å². The number of nitrogens with zero attached hydrogens (tertiary/aromatic N) is 2. The Bertz CT molecular complexity index is 1420. The minimum absolute atomic E-state index is 0.0279. The third-order valence-corrected chi connectivity index (χ3v) is 6.92. The quantitative estimate of drug-likeness (QED) is 0.117. The number of imide groups is 1. The van der Waals surface area contributed by atoms with E-state index < -0.39 is 60.3 Å². The average Bonchev–Trinajstić information content (AvgIpc) is 2.93. The highest BCUT2D eigenvalue weighted by atomic mass is 16.5. The van der Waals surface area contributed by atoms with E-state index in [1.54, 1.807) is 6.07 Å². The summed E-state index contributed by atoms with van der Waals surface area (Å²) >= 11 is 0. The number of carbonyl (C=O) groups excluding carboxylic acids is 4. The van der Waals surface area contributed by atoms with Crippen molar-refractivity contribution in [2.75, 3.05) is 26.2 Å². The van der Waals surface area contributed by atoms with Crippen molar-refractivity contribution < 1.29 is 49.0 Å². The Balaban J connectivity index is 1.60. The van der Waals surface area contributed by atoms with Crippen LogP contribution in [0, 0.1) is 6.92 Å². The van der Waals surface area contributed by atoms with Gasteiger partial charge in [0.05, 0.1) is 11.5 Å². The number of rotatable bonds is 7. The molecule has 8 N–H and O–H groups in total. The van der Waals surface area contributed by atoms with Crippen molar-refractivity contribution in [3.05, 3.63) is 52.6 Å². The lowest BCUT2D eigenvalue weighted by Gasteiger charge is -2.34. The summed E-state index contributed by atoms with van der Waals surface area (Å²) in [6, 6.07) is 4.11. The van der Waals surface area contributed by atoms with Crippen molar-refractivity contribution in [1.82, 2.24) is 20.4 Å². The van der Waals surface area contributed by atoms with E-state index in [1.165, 1.54) is 30.0 Å². The van der Waals surface area contributed by atoms with Crippen molar-refractivity contribution >= 4 is 36.8 Å². The molecule has 2 aromatic rings. The summed E-state index contributed by atoms with van der Waals surface area (Å²) in [5.41, 5.74) is 5.78. The Kier molecular flexibility index (Phi) is 8.35. The molecule has 0 spiro atoms. The number of hydrogen-bond donors (Lipinski definition) is 7. The second-order valence-corrected chi connectivity index (χ2v) is 9.49. The molecule has 2 aromatic carbocycles. The monoisotopic (exact) mass is 569 g/mol. The lowest BCUT2D eigenvalue weighted by atomic mass is 9.72. The molecule has 0 radical (unpaired) electrons. The molecule has 1 saturated heterocycles. The van der Waals surface area contributed by atoms with E-state index >= 15 is 0 Å². The van der Waals surface area contributed by atoms with Gasteiger partial charge in [-0.25, -0.2) is 9.59 Å². The molecule has 16 heteroatoms. The molecule has 0 unspecified atom stereocenters. The summed E-state index contributed by atoms with van der Waals surface area (Å²) in [5.74, 6) is -6.36. The van der Waals surface area contributed by atoms with Crippen molar-refractivity contribution in [1.29, 1.82) is 0 Å². The molecule has 0 saturated carbocycles. The van der Waals surface area contributed by atoms with Crippen molar-refractivity contribution in [2.45, 2.75) is 25.3 Å². The first-order valence-corrected chi connectivity index (χ1v) is 12.6. The van der Waals surface area contributed by atoms with Gasteiger partial charge in [-0.1, -0.05) is 18.2 Å². The van der Waals surface area contributed by atoms with E-state index in [-0.39, 0.29) is 55.0 Å². The molecule has 2 heterocycles. The third kappa shape index (κ3) is 5.73. The van der Waals surface area contributed by atoms with E-state index in [4.69, 9.17) is 10.4 Å². The topological polar surface area (TPSA) is 232 Å². The van der Waals surface area contributed by atoms with Gasteiger partial charge in [0.2, 0.25) is 5.91 Å². The van der Waals surface area contributed by atoms with Crippen LogP contribution in [0.1, 0.15) is 33.1 Å². The summed E-state index contributed by atoms with van der Waals surface area (Å²) in [7, 11) is -1.66. The summed E-state index contributed by atoms with van der Waals surface area (Å²) in [6.07, 6.45) is -0.0279. The average molecular weight is 569 g/mol. The molecule has 216 valence electrons. The van der Waals surface area contributed by atoms with Gasteiger partial charge in [0.25, 0.3) is 0 Å². The predicted octanol–water partition coefficient (Wildman–Crippen LogP) is -1.38. The van der Waals surface area contributed by atoms with Crippen LogP contribution in [0.25, 0.3) is 0 Å². The Labute approximate surface area is 233 Å². The number of aromatic hydroxyl groups is 2. The SMILES string of the molecule is Cc1c([C@H](NC(=O)N2CCN(CCN)C(=O)C2=O)C(=O)N[C@H]2Cc3cccc(C(=O)O)c3OB2O)ccc(O)c1O. The summed E-state index contributed by atoms with van der Waals surface area (Å²) in [5, 5.41) is 45.1. The van der Waals surface area contributed by atoms with Gasteiger partial charge in [0.15, 0.2) is 11.5 Å². The molecule has 0 bridgehead atoms. The van der Waals surface area contributed by atoms with E-state index in [9.17, 15) is 44.3 Å². The lowest BCUT2D eigenvalue weighted by Crippen LogP contribution is -2.60. The molecule has 2 atom stereocenters. The van der Waals surface area contributed by atoms with Crippen LogP contribution in [0.3, 0.4) is 0 Å². The summed E-state index contributed by atoms with van der Waals surface area (Å²) in [4.78, 5) is 65.1. The molecule has 4 rings (SSSR count). The van der Waals surface area contributed by atoms with Crippen LogP contribution in [-0.2, 0) is 20.8 Å². The summed E-state index contributed by atoms with van der Waals surface area (Å²) < 4.78 is 5.41. The Hall–Kier alpha value is -4.83. The number of amides is 5. The number of carbonyl (C=O) groups is 5. The van der Waals surface area contributed by atoms with Crippen LogP contribution in [-0.4, -0.2) is 99.1 Å². The Morgan fingerprint density at radius 3 is 2.56 bits per heavy atom. The van der Waals surface area contributed by atoms with Gasteiger partial charge in [0, 0.05) is 31.7 Å². The van der Waals surface area contributed by atoms with Crippen LogP contribution in [0.2, 0.25) is 0 Å². The Morgan fingerprint density at radius 1 is 1.15 bits per heavy atom. The number of para-hydroxylation sites is 1. The first-order valence-electron chi connectivity index (χ1n) is 12.6. The standard InChI is InChI=1S/C25H28BN5O10/c1-12-14(5-6-16(32)19(12)33)18(29-25(39)31-10-9-30(8-7-27)22(35)23(31)36)21(34)28-17-11-13-3-2-4-15(24(37)38)20(13)41-26(17)40/h2-6,17-18,32-33,40H,7-11,27H2,1H3,(H,28,34)(H,29,39)(H,37,38)/t17-,18-/m0/s1. The maximum absolute atomic E-state index is 13.6. The van der Waals surface area contributed by atoms with Crippen LogP contribution < -0.4 is 21.0 Å². The van der Waals surface area contributed by atoms with E-state index in [0.29, 0.717) is 10.5 Å². The fourth-order valence-electron chi connectivity index (χ4n) is 4.72. The molecule has 1 fully saturated rings. The van der Waals surface area contributed by atoms with Crippen molar-refractivity contribution in [3.8, 4) is 17.2 Å². The number of carboxylic acids is 1.